The van der Waals surface area contributed by atoms with Gasteiger partial charge in [0.1, 0.15) is 0 Å². The fourth-order valence-electron chi connectivity index (χ4n) is 3.05. The summed E-state index contributed by atoms with van der Waals surface area (Å²) in [5, 5.41) is 3.47. The highest BCUT2D eigenvalue weighted by atomic mass is 35.5. The van der Waals surface area contributed by atoms with Crippen LogP contribution in [0.4, 0.5) is 11.4 Å². The zero-order chi connectivity index (χ0) is 16.2. The fraction of sp³-hybridized carbons (Fsp3) is 0.316. The molecule has 2 aromatic carbocycles. The highest BCUT2D eigenvalue weighted by Crippen LogP contribution is 2.26. The molecule has 120 valence electrons. The van der Waals surface area contributed by atoms with Gasteiger partial charge in [0, 0.05) is 34.5 Å². The van der Waals surface area contributed by atoms with Crippen LogP contribution >= 0.6 is 11.6 Å². The number of anilines is 2. The van der Waals surface area contributed by atoms with Gasteiger partial charge in [0.25, 0.3) is 5.91 Å². The standard InChI is InChI=1S/C19H21ClN2O/c1-14-5-2-3-12-22(14)18-10-8-17(9-11-18)21-19(23)15-6-4-7-16(20)13-15/h4,6-11,13-14H,2-3,5,12H2,1H3,(H,21,23)/t14-/m1/s1. The Labute approximate surface area is 142 Å². The number of nitrogens with one attached hydrogen (secondary N) is 1. The van der Waals surface area contributed by atoms with Gasteiger partial charge in [0.05, 0.1) is 0 Å². The minimum atomic E-state index is -0.147. The molecular formula is C19H21ClN2O. The van der Waals surface area contributed by atoms with Crippen LogP contribution in [0.5, 0.6) is 0 Å². The summed E-state index contributed by atoms with van der Waals surface area (Å²) in [5.41, 5.74) is 2.58. The van der Waals surface area contributed by atoms with Crippen molar-refractivity contribution in [3.8, 4) is 0 Å². The Balaban J connectivity index is 1.69. The molecule has 0 radical (unpaired) electrons. The van der Waals surface area contributed by atoms with Gasteiger partial charge in [-0.15, -0.1) is 0 Å². The molecule has 1 N–H and O–H groups in total. The van der Waals surface area contributed by atoms with Crippen LogP contribution in [0.2, 0.25) is 5.02 Å². The third-order valence-electron chi connectivity index (χ3n) is 4.35. The third kappa shape index (κ3) is 3.85. The van der Waals surface area contributed by atoms with Crippen LogP contribution < -0.4 is 10.2 Å². The minimum Gasteiger partial charge on any atom is -0.369 e. The fourth-order valence-corrected chi connectivity index (χ4v) is 3.24. The molecule has 2 aromatic rings. The van der Waals surface area contributed by atoms with Gasteiger partial charge in [-0.2, -0.15) is 0 Å². The average Bonchev–Trinajstić information content (AvgIpc) is 2.56. The van der Waals surface area contributed by atoms with E-state index in [1.165, 1.54) is 24.9 Å². The van der Waals surface area contributed by atoms with Crippen molar-refractivity contribution < 1.29 is 4.79 Å². The van der Waals surface area contributed by atoms with Gasteiger partial charge < -0.3 is 10.2 Å². The molecule has 0 aliphatic carbocycles. The number of carbonyl (C=O) groups is 1. The maximum atomic E-state index is 12.2. The first-order valence-electron chi connectivity index (χ1n) is 8.07. The minimum absolute atomic E-state index is 0.147. The summed E-state index contributed by atoms with van der Waals surface area (Å²) in [6.07, 6.45) is 3.80. The van der Waals surface area contributed by atoms with Crippen LogP contribution in [0, 0.1) is 0 Å². The lowest BCUT2D eigenvalue weighted by atomic mass is 10.0. The molecule has 0 spiro atoms. The number of hydrogen-bond acceptors (Lipinski definition) is 2. The Kier molecular flexibility index (Phi) is 4.87. The van der Waals surface area contributed by atoms with Crippen molar-refractivity contribution >= 4 is 28.9 Å². The van der Waals surface area contributed by atoms with Crippen molar-refractivity contribution in [2.45, 2.75) is 32.2 Å². The zero-order valence-electron chi connectivity index (χ0n) is 13.3. The molecule has 1 fully saturated rings. The van der Waals surface area contributed by atoms with Crippen LogP contribution in [0.1, 0.15) is 36.5 Å². The maximum absolute atomic E-state index is 12.2. The maximum Gasteiger partial charge on any atom is 0.255 e. The summed E-state index contributed by atoms with van der Waals surface area (Å²) < 4.78 is 0. The third-order valence-corrected chi connectivity index (χ3v) is 4.58. The van der Waals surface area contributed by atoms with Crippen LogP contribution in [0.3, 0.4) is 0 Å². The molecule has 0 unspecified atom stereocenters. The van der Waals surface area contributed by atoms with Crippen LogP contribution in [0.15, 0.2) is 48.5 Å². The Morgan fingerprint density at radius 2 is 1.96 bits per heavy atom. The number of amides is 1. The highest BCUT2D eigenvalue weighted by Gasteiger charge is 2.18. The van der Waals surface area contributed by atoms with E-state index in [0.717, 1.165) is 12.2 Å². The molecule has 3 rings (SSSR count). The van der Waals surface area contributed by atoms with Gasteiger partial charge in [-0.3, -0.25) is 4.79 Å². The summed E-state index contributed by atoms with van der Waals surface area (Å²) in [6.45, 7) is 3.38. The lowest BCUT2D eigenvalue weighted by Gasteiger charge is -2.35. The molecular weight excluding hydrogens is 308 g/mol. The van der Waals surface area contributed by atoms with Crippen molar-refractivity contribution in [2.75, 3.05) is 16.8 Å². The number of hydrogen-bond donors (Lipinski definition) is 1. The number of halogens is 1. The van der Waals surface area contributed by atoms with Crippen LogP contribution in [-0.4, -0.2) is 18.5 Å². The van der Waals surface area contributed by atoms with E-state index < -0.39 is 0 Å². The van der Waals surface area contributed by atoms with Gasteiger partial charge in [0.15, 0.2) is 0 Å². The Bertz CT molecular complexity index is 684. The van der Waals surface area contributed by atoms with E-state index in [-0.39, 0.29) is 5.91 Å². The number of piperidine rings is 1. The van der Waals surface area contributed by atoms with E-state index >= 15 is 0 Å². The predicted octanol–water partition coefficient (Wildman–Crippen LogP) is 4.97. The molecule has 1 amide bonds. The first kappa shape index (κ1) is 15.9. The van der Waals surface area contributed by atoms with E-state index in [2.05, 4.69) is 29.3 Å². The Morgan fingerprint density at radius 3 is 2.65 bits per heavy atom. The Hall–Kier alpha value is -2.00. The molecule has 4 heteroatoms. The van der Waals surface area contributed by atoms with Crippen LogP contribution in [0.25, 0.3) is 0 Å². The first-order valence-corrected chi connectivity index (χ1v) is 8.45. The van der Waals surface area contributed by atoms with Gasteiger partial charge in [-0.25, -0.2) is 0 Å². The van der Waals surface area contributed by atoms with Gasteiger partial charge in [-0.05, 0) is 68.7 Å². The van der Waals surface area contributed by atoms with E-state index in [9.17, 15) is 4.79 Å². The van der Waals surface area contributed by atoms with E-state index in [0.29, 0.717) is 16.6 Å². The lowest BCUT2D eigenvalue weighted by Crippen LogP contribution is -2.37. The lowest BCUT2D eigenvalue weighted by molar-refractivity contribution is 0.102. The first-order chi connectivity index (χ1) is 11.1. The average molecular weight is 329 g/mol. The molecule has 1 heterocycles. The van der Waals surface area contributed by atoms with Crippen molar-refractivity contribution in [1.82, 2.24) is 0 Å². The topological polar surface area (TPSA) is 32.3 Å². The summed E-state index contributed by atoms with van der Waals surface area (Å²) >= 11 is 5.93. The summed E-state index contributed by atoms with van der Waals surface area (Å²) in [7, 11) is 0. The summed E-state index contributed by atoms with van der Waals surface area (Å²) in [6, 6.07) is 15.6. The molecule has 0 aromatic heterocycles. The second kappa shape index (κ2) is 7.05. The summed E-state index contributed by atoms with van der Waals surface area (Å²) in [5.74, 6) is -0.147. The largest absolute Gasteiger partial charge is 0.369 e. The summed E-state index contributed by atoms with van der Waals surface area (Å²) in [4.78, 5) is 14.7. The molecule has 0 bridgehead atoms. The predicted molar refractivity (Wildman–Crippen MR) is 96.5 cm³/mol. The van der Waals surface area contributed by atoms with Crippen molar-refractivity contribution in [1.29, 1.82) is 0 Å². The van der Waals surface area contributed by atoms with Gasteiger partial charge in [-0.1, -0.05) is 17.7 Å². The number of rotatable bonds is 3. The second-order valence-electron chi connectivity index (χ2n) is 6.05. The molecule has 0 saturated carbocycles. The molecule has 1 aliphatic rings. The molecule has 1 aliphatic heterocycles. The smallest absolute Gasteiger partial charge is 0.255 e. The normalized spacial score (nSPS) is 17.8. The molecule has 23 heavy (non-hydrogen) atoms. The van der Waals surface area contributed by atoms with Gasteiger partial charge >= 0.3 is 0 Å². The monoisotopic (exact) mass is 328 g/mol. The number of nitrogens with zero attached hydrogens (tertiary/aromatic N) is 1. The quantitative estimate of drug-likeness (QED) is 0.862. The highest BCUT2D eigenvalue weighted by molar-refractivity contribution is 6.31. The molecule has 1 saturated heterocycles. The number of carbonyl (C=O) groups excluding carboxylic acids is 1. The van der Waals surface area contributed by atoms with E-state index in [1.807, 2.05) is 12.1 Å². The van der Waals surface area contributed by atoms with Crippen molar-refractivity contribution in [3.05, 3.63) is 59.1 Å². The van der Waals surface area contributed by atoms with Crippen molar-refractivity contribution in [3.63, 3.8) is 0 Å². The molecule has 3 nitrogen and oxygen atoms in total. The Morgan fingerprint density at radius 1 is 1.17 bits per heavy atom. The van der Waals surface area contributed by atoms with Gasteiger partial charge in [0.2, 0.25) is 0 Å². The van der Waals surface area contributed by atoms with E-state index in [1.54, 1.807) is 24.3 Å². The second-order valence-corrected chi connectivity index (χ2v) is 6.49. The SMILES string of the molecule is C[C@@H]1CCCCN1c1ccc(NC(=O)c2cccc(Cl)c2)cc1. The van der Waals surface area contributed by atoms with Crippen molar-refractivity contribution in [2.24, 2.45) is 0 Å². The zero-order valence-corrected chi connectivity index (χ0v) is 14.0. The van der Waals surface area contributed by atoms with E-state index in [4.69, 9.17) is 11.6 Å². The molecule has 1 atom stereocenters. The van der Waals surface area contributed by atoms with Crippen LogP contribution in [-0.2, 0) is 0 Å². The number of benzene rings is 2.